The van der Waals surface area contributed by atoms with Crippen molar-refractivity contribution in [2.75, 3.05) is 13.7 Å². The number of nitrogens with zero attached hydrogens (tertiary/aromatic N) is 1. The van der Waals surface area contributed by atoms with Gasteiger partial charge in [0, 0.05) is 6.42 Å². The van der Waals surface area contributed by atoms with Crippen LogP contribution in [-0.4, -0.2) is 13.7 Å². The lowest BCUT2D eigenvalue weighted by Gasteiger charge is -2.02. The van der Waals surface area contributed by atoms with Crippen LogP contribution in [0, 0.1) is 23.2 Å². The SMILES string of the molecule is COc1ccc(C#N)cc1C#CCCCN. The Kier molecular flexibility index (Phi) is 4.92. The summed E-state index contributed by atoms with van der Waals surface area (Å²) in [5, 5.41) is 8.78. The Bertz CT molecular complexity index is 449. The van der Waals surface area contributed by atoms with Crippen molar-refractivity contribution >= 4 is 0 Å². The molecule has 1 rings (SSSR count). The van der Waals surface area contributed by atoms with E-state index in [-0.39, 0.29) is 0 Å². The normalized spacial score (nSPS) is 8.81. The minimum atomic E-state index is 0.587. The molecule has 0 aromatic heterocycles. The average molecular weight is 214 g/mol. The summed E-state index contributed by atoms with van der Waals surface area (Å²) in [5.41, 5.74) is 6.71. The smallest absolute Gasteiger partial charge is 0.134 e. The Morgan fingerprint density at radius 2 is 2.25 bits per heavy atom. The lowest BCUT2D eigenvalue weighted by molar-refractivity contribution is 0.413. The molecule has 3 nitrogen and oxygen atoms in total. The third-order valence-corrected chi connectivity index (χ3v) is 2.06. The van der Waals surface area contributed by atoms with Gasteiger partial charge in [-0.1, -0.05) is 11.8 Å². The van der Waals surface area contributed by atoms with Gasteiger partial charge in [0.15, 0.2) is 0 Å². The Balaban J connectivity index is 2.90. The van der Waals surface area contributed by atoms with E-state index in [2.05, 4.69) is 17.9 Å². The van der Waals surface area contributed by atoms with E-state index < -0.39 is 0 Å². The van der Waals surface area contributed by atoms with Gasteiger partial charge in [-0.3, -0.25) is 0 Å². The molecule has 0 amide bonds. The van der Waals surface area contributed by atoms with E-state index in [1.807, 2.05) is 0 Å². The fraction of sp³-hybridized carbons (Fsp3) is 0.308. The lowest BCUT2D eigenvalue weighted by Crippen LogP contribution is -1.96. The van der Waals surface area contributed by atoms with E-state index in [9.17, 15) is 0 Å². The van der Waals surface area contributed by atoms with Crippen LogP contribution in [0.4, 0.5) is 0 Å². The summed E-state index contributed by atoms with van der Waals surface area (Å²) in [6.07, 6.45) is 1.64. The molecular formula is C13H14N2O. The molecule has 0 heterocycles. The number of nitrogens with two attached hydrogens (primary N) is 1. The molecule has 0 bridgehead atoms. The molecule has 0 aliphatic heterocycles. The Morgan fingerprint density at radius 3 is 2.88 bits per heavy atom. The van der Waals surface area contributed by atoms with Gasteiger partial charge < -0.3 is 10.5 Å². The lowest BCUT2D eigenvalue weighted by atomic mass is 10.1. The number of methoxy groups -OCH3 is 1. The molecule has 1 aromatic rings. The fourth-order valence-electron chi connectivity index (χ4n) is 1.22. The highest BCUT2D eigenvalue weighted by molar-refractivity contribution is 5.50. The monoisotopic (exact) mass is 214 g/mol. The number of rotatable bonds is 3. The molecule has 0 saturated heterocycles. The topological polar surface area (TPSA) is 59.0 Å². The number of unbranched alkanes of at least 4 members (excludes halogenated alkanes) is 1. The predicted octanol–water partition coefficient (Wildman–Crippen LogP) is 1.66. The van der Waals surface area contributed by atoms with Gasteiger partial charge in [0.25, 0.3) is 0 Å². The van der Waals surface area contributed by atoms with Crippen molar-refractivity contribution in [2.24, 2.45) is 5.73 Å². The molecule has 0 unspecified atom stereocenters. The molecular weight excluding hydrogens is 200 g/mol. The highest BCUT2D eigenvalue weighted by Gasteiger charge is 2.00. The van der Waals surface area contributed by atoms with Crippen molar-refractivity contribution in [3.8, 4) is 23.7 Å². The van der Waals surface area contributed by atoms with Crippen molar-refractivity contribution in [3.05, 3.63) is 29.3 Å². The van der Waals surface area contributed by atoms with Gasteiger partial charge in [-0.2, -0.15) is 5.26 Å². The molecule has 16 heavy (non-hydrogen) atoms. The third-order valence-electron chi connectivity index (χ3n) is 2.06. The van der Waals surface area contributed by atoms with E-state index in [0.717, 1.165) is 18.4 Å². The van der Waals surface area contributed by atoms with Crippen LogP contribution in [0.2, 0.25) is 0 Å². The zero-order valence-corrected chi connectivity index (χ0v) is 9.29. The maximum absolute atomic E-state index is 8.78. The van der Waals surface area contributed by atoms with Crippen molar-refractivity contribution in [1.82, 2.24) is 0 Å². The zero-order chi connectivity index (χ0) is 11.8. The minimum absolute atomic E-state index is 0.587. The van der Waals surface area contributed by atoms with Crippen LogP contribution >= 0.6 is 0 Å². The number of nitriles is 1. The van der Waals surface area contributed by atoms with Gasteiger partial charge in [-0.05, 0) is 31.2 Å². The van der Waals surface area contributed by atoms with Crippen LogP contribution in [0.3, 0.4) is 0 Å². The summed E-state index contributed by atoms with van der Waals surface area (Å²) in [6, 6.07) is 7.28. The predicted molar refractivity (Wildman–Crippen MR) is 62.9 cm³/mol. The largest absolute Gasteiger partial charge is 0.495 e. The standard InChI is InChI=1S/C13H14N2O/c1-16-13-7-6-11(10-15)9-12(13)5-3-2-4-8-14/h6-7,9H,2,4,8,14H2,1H3. The second kappa shape index (κ2) is 6.50. The van der Waals surface area contributed by atoms with E-state index >= 15 is 0 Å². The van der Waals surface area contributed by atoms with Crippen molar-refractivity contribution in [1.29, 1.82) is 5.26 Å². The molecule has 0 aliphatic rings. The van der Waals surface area contributed by atoms with Gasteiger partial charge in [0.05, 0.1) is 24.3 Å². The van der Waals surface area contributed by atoms with E-state index in [0.29, 0.717) is 17.9 Å². The first-order chi connectivity index (χ1) is 7.81. The quantitative estimate of drug-likeness (QED) is 0.615. The van der Waals surface area contributed by atoms with E-state index in [1.165, 1.54) is 0 Å². The number of benzene rings is 1. The van der Waals surface area contributed by atoms with Crippen LogP contribution in [0.25, 0.3) is 0 Å². The highest BCUT2D eigenvalue weighted by Crippen LogP contribution is 2.18. The summed E-state index contributed by atoms with van der Waals surface area (Å²) in [4.78, 5) is 0. The summed E-state index contributed by atoms with van der Waals surface area (Å²) >= 11 is 0. The summed E-state index contributed by atoms with van der Waals surface area (Å²) < 4.78 is 5.17. The average Bonchev–Trinajstić information content (AvgIpc) is 2.34. The van der Waals surface area contributed by atoms with E-state index in [1.54, 1.807) is 25.3 Å². The molecule has 0 spiro atoms. The highest BCUT2D eigenvalue weighted by atomic mass is 16.5. The molecule has 0 radical (unpaired) electrons. The van der Waals surface area contributed by atoms with Crippen molar-refractivity contribution in [3.63, 3.8) is 0 Å². The Hall–Kier alpha value is -1.97. The maximum atomic E-state index is 8.78. The Labute approximate surface area is 95.8 Å². The Morgan fingerprint density at radius 1 is 1.44 bits per heavy atom. The van der Waals surface area contributed by atoms with Gasteiger partial charge in [-0.25, -0.2) is 0 Å². The second-order valence-corrected chi connectivity index (χ2v) is 3.22. The van der Waals surface area contributed by atoms with Gasteiger partial charge in [0.2, 0.25) is 0 Å². The van der Waals surface area contributed by atoms with Crippen LogP contribution in [0.15, 0.2) is 18.2 Å². The third kappa shape index (κ3) is 3.31. The molecule has 3 heteroatoms. The molecule has 1 aromatic carbocycles. The number of hydrogen-bond donors (Lipinski definition) is 1. The van der Waals surface area contributed by atoms with Crippen LogP contribution in [-0.2, 0) is 0 Å². The second-order valence-electron chi connectivity index (χ2n) is 3.22. The van der Waals surface area contributed by atoms with Crippen LogP contribution in [0.1, 0.15) is 24.0 Å². The van der Waals surface area contributed by atoms with Gasteiger partial charge >= 0.3 is 0 Å². The first kappa shape index (κ1) is 12.1. The van der Waals surface area contributed by atoms with Gasteiger partial charge in [0.1, 0.15) is 5.75 Å². The maximum Gasteiger partial charge on any atom is 0.134 e. The summed E-state index contributed by atoms with van der Waals surface area (Å²) in [5.74, 6) is 6.70. The molecule has 0 atom stereocenters. The van der Waals surface area contributed by atoms with Crippen LogP contribution < -0.4 is 10.5 Å². The molecule has 2 N–H and O–H groups in total. The molecule has 0 aliphatic carbocycles. The number of hydrogen-bond acceptors (Lipinski definition) is 3. The zero-order valence-electron chi connectivity index (χ0n) is 9.29. The van der Waals surface area contributed by atoms with E-state index in [4.69, 9.17) is 15.7 Å². The fourth-order valence-corrected chi connectivity index (χ4v) is 1.22. The van der Waals surface area contributed by atoms with Gasteiger partial charge in [-0.15, -0.1) is 0 Å². The molecule has 82 valence electrons. The minimum Gasteiger partial charge on any atom is -0.495 e. The summed E-state index contributed by atoms with van der Waals surface area (Å²) in [7, 11) is 1.59. The molecule has 0 fully saturated rings. The van der Waals surface area contributed by atoms with Crippen molar-refractivity contribution < 1.29 is 4.74 Å². The molecule has 0 saturated carbocycles. The number of ether oxygens (including phenoxy) is 1. The summed E-state index contributed by atoms with van der Waals surface area (Å²) in [6.45, 7) is 0.643. The van der Waals surface area contributed by atoms with Crippen molar-refractivity contribution in [2.45, 2.75) is 12.8 Å². The first-order valence-electron chi connectivity index (χ1n) is 5.09. The first-order valence-corrected chi connectivity index (χ1v) is 5.09. The van der Waals surface area contributed by atoms with Crippen LogP contribution in [0.5, 0.6) is 5.75 Å².